The predicted molar refractivity (Wildman–Crippen MR) is 53.4 cm³/mol. The summed E-state index contributed by atoms with van der Waals surface area (Å²) in [5.41, 5.74) is -0.0872. The second-order valence-electron chi connectivity index (χ2n) is 3.00. The third-order valence-corrected chi connectivity index (χ3v) is 1.65. The van der Waals surface area contributed by atoms with Crippen LogP contribution in [0.5, 0.6) is 11.5 Å². The number of alkyl halides is 3. The van der Waals surface area contributed by atoms with Crippen LogP contribution in [-0.4, -0.2) is 23.2 Å². The fourth-order valence-electron chi connectivity index (χ4n) is 1.04. The maximum Gasteiger partial charge on any atom is 0.573 e. The zero-order valence-electron chi connectivity index (χ0n) is 8.58. The molecule has 0 amide bonds. The molecule has 0 unspecified atom stereocenters. The maximum atomic E-state index is 12.0. The quantitative estimate of drug-likeness (QED) is 0.785. The number of phenols is 1. The third-order valence-electron chi connectivity index (χ3n) is 1.65. The lowest BCUT2D eigenvalue weighted by atomic mass is 10.2. The Bertz CT molecular complexity index is 444. The van der Waals surface area contributed by atoms with Crippen molar-refractivity contribution in [1.29, 1.82) is 0 Å². The molecule has 0 heterocycles. The van der Waals surface area contributed by atoms with E-state index in [4.69, 9.17) is 10.2 Å². The minimum Gasteiger partial charge on any atom is -0.508 e. The zero-order chi connectivity index (χ0) is 12.9. The van der Waals surface area contributed by atoms with Gasteiger partial charge >= 0.3 is 6.36 Å². The molecule has 17 heavy (non-hydrogen) atoms. The number of aliphatic hydroxyl groups excluding tert-OH is 1. The van der Waals surface area contributed by atoms with Crippen molar-refractivity contribution < 1.29 is 28.1 Å². The third kappa shape index (κ3) is 4.66. The van der Waals surface area contributed by atoms with Gasteiger partial charge in [0.1, 0.15) is 11.5 Å². The van der Waals surface area contributed by atoms with Gasteiger partial charge in [0.15, 0.2) is 0 Å². The Labute approximate surface area is 95.5 Å². The number of phenolic OH excluding ortho intramolecular Hbond substituents is 1. The highest BCUT2D eigenvalue weighted by Crippen LogP contribution is 2.28. The number of ether oxygens (including phenoxy) is 1. The number of benzene rings is 1. The number of aliphatic hydroxyl groups is 1. The fourth-order valence-corrected chi connectivity index (χ4v) is 1.04. The van der Waals surface area contributed by atoms with Crippen LogP contribution in [0.2, 0.25) is 0 Å². The lowest BCUT2D eigenvalue weighted by Crippen LogP contribution is -2.17. The SMILES string of the molecule is OCCC#Cc1cc(O)ccc1OC(F)(F)F. The van der Waals surface area contributed by atoms with Gasteiger partial charge in [0.25, 0.3) is 0 Å². The van der Waals surface area contributed by atoms with Gasteiger partial charge in [0, 0.05) is 6.42 Å². The summed E-state index contributed by atoms with van der Waals surface area (Å²) < 4.78 is 39.9. The summed E-state index contributed by atoms with van der Waals surface area (Å²) in [4.78, 5) is 0. The van der Waals surface area contributed by atoms with E-state index in [9.17, 15) is 13.2 Å². The Morgan fingerprint density at radius 3 is 2.59 bits per heavy atom. The molecule has 1 aromatic carbocycles. The molecule has 0 spiro atoms. The van der Waals surface area contributed by atoms with Crippen LogP contribution in [0, 0.1) is 11.8 Å². The van der Waals surface area contributed by atoms with E-state index in [0.29, 0.717) is 0 Å². The van der Waals surface area contributed by atoms with Crippen LogP contribution in [0.15, 0.2) is 18.2 Å². The van der Waals surface area contributed by atoms with Crippen molar-refractivity contribution in [3.63, 3.8) is 0 Å². The molecule has 1 aromatic rings. The molecule has 0 saturated carbocycles. The van der Waals surface area contributed by atoms with E-state index in [1.807, 2.05) is 0 Å². The maximum absolute atomic E-state index is 12.0. The summed E-state index contributed by atoms with van der Waals surface area (Å²) in [6.07, 6.45) is -4.69. The van der Waals surface area contributed by atoms with Gasteiger partial charge < -0.3 is 14.9 Å². The molecule has 3 nitrogen and oxygen atoms in total. The fraction of sp³-hybridized carbons (Fsp3) is 0.273. The summed E-state index contributed by atoms with van der Waals surface area (Å²) in [5.74, 6) is 4.13. The number of hydrogen-bond donors (Lipinski definition) is 2. The number of hydrogen-bond acceptors (Lipinski definition) is 3. The average Bonchev–Trinajstić information content (AvgIpc) is 2.20. The Balaban J connectivity index is 3.01. The van der Waals surface area contributed by atoms with Crippen molar-refractivity contribution in [3.05, 3.63) is 23.8 Å². The van der Waals surface area contributed by atoms with Crippen LogP contribution in [-0.2, 0) is 0 Å². The molecule has 6 heteroatoms. The number of rotatable bonds is 2. The van der Waals surface area contributed by atoms with Gasteiger partial charge in [-0.25, -0.2) is 0 Å². The first-order valence-corrected chi connectivity index (χ1v) is 4.61. The smallest absolute Gasteiger partial charge is 0.508 e. The largest absolute Gasteiger partial charge is 0.573 e. The topological polar surface area (TPSA) is 49.7 Å². The first-order chi connectivity index (χ1) is 7.92. The zero-order valence-corrected chi connectivity index (χ0v) is 8.58. The minimum absolute atomic E-state index is 0.0872. The monoisotopic (exact) mass is 246 g/mol. The Kier molecular flexibility index (Phi) is 4.24. The highest BCUT2D eigenvalue weighted by Gasteiger charge is 2.32. The van der Waals surface area contributed by atoms with Crippen molar-refractivity contribution in [1.82, 2.24) is 0 Å². The van der Waals surface area contributed by atoms with Gasteiger partial charge in [0.2, 0.25) is 0 Å². The van der Waals surface area contributed by atoms with Gasteiger partial charge in [0.05, 0.1) is 12.2 Å². The molecular weight excluding hydrogens is 237 g/mol. The molecule has 1 rings (SSSR count). The molecule has 92 valence electrons. The molecular formula is C11H9F3O3. The first-order valence-electron chi connectivity index (χ1n) is 4.61. The van der Waals surface area contributed by atoms with Crippen molar-refractivity contribution in [2.24, 2.45) is 0 Å². The highest BCUT2D eigenvalue weighted by molar-refractivity contribution is 5.49. The van der Waals surface area contributed by atoms with E-state index in [0.717, 1.165) is 18.2 Å². The van der Waals surface area contributed by atoms with Crippen molar-refractivity contribution >= 4 is 0 Å². The normalized spacial score (nSPS) is 10.6. The van der Waals surface area contributed by atoms with Crippen LogP contribution < -0.4 is 4.74 Å². The molecule has 0 saturated heterocycles. The van der Waals surface area contributed by atoms with E-state index in [2.05, 4.69) is 16.6 Å². The first kappa shape index (κ1) is 13.2. The lowest BCUT2D eigenvalue weighted by Gasteiger charge is -2.10. The van der Waals surface area contributed by atoms with Gasteiger partial charge in [-0.3, -0.25) is 0 Å². The molecule has 0 bridgehead atoms. The minimum atomic E-state index is -4.82. The summed E-state index contributed by atoms with van der Waals surface area (Å²) in [6, 6.07) is 3.11. The molecule has 0 aromatic heterocycles. The molecule has 0 fully saturated rings. The molecule has 2 N–H and O–H groups in total. The standard InChI is InChI=1S/C11H9F3O3/c12-11(13,14)17-10-5-4-9(16)7-8(10)3-1-2-6-15/h4-5,7,15-16H,2,6H2. The van der Waals surface area contributed by atoms with Gasteiger partial charge in [-0.1, -0.05) is 11.8 Å². The molecule has 0 aliphatic carbocycles. The van der Waals surface area contributed by atoms with Crippen LogP contribution in [0.4, 0.5) is 13.2 Å². The van der Waals surface area contributed by atoms with Gasteiger partial charge in [-0.2, -0.15) is 0 Å². The van der Waals surface area contributed by atoms with Crippen LogP contribution in [0.3, 0.4) is 0 Å². The van der Waals surface area contributed by atoms with Gasteiger partial charge in [-0.05, 0) is 18.2 Å². The van der Waals surface area contributed by atoms with Crippen molar-refractivity contribution in [2.45, 2.75) is 12.8 Å². The van der Waals surface area contributed by atoms with Crippen LogP contribution in [0.1, 0.15) is 12.0 Å². The number of aromatic hydroxyl groups is 1. The van der Waals surface area contributed by atoms with Crippen molar-refractivity contribution in [3.8, 4) is 23.3 Å². The molecule has 0 atom stereocenters. The second-order valence-corrected chi connectivity index (χ2v) is 3.00. The Hall–Kier alpha value is -1.87. The molecule has 0 aliphatic heterocycles. The van der Waals surface area contributed by atoms with Gasteiger partial charge in [-0.15, -0.1) is 13.2 Å². The lowest BCUT2D eigenvalue weighted by molar-refractivity contribution is -0.274. The predicted octanol–water partition coefficient (Wildman–Crippen LogP) is 2.02. The second kappa shape index (κ2) is 5.46. The Morgan fingerprint density at radius 1 is 1.29 bits per heavy atom. The highest BCUT2D eigenvalue weighted by atomic mass is 19.4. The summed E-state index contributed by atoms with van der Waals surface area (Å²) in [7, 11) is 0. The van der Waals surface area contributed by atoms with Crippen LogP contribution in [0.25, 0.3) is 0 Å². The summed E-state index contributed by atoms with van der Waals surface area (Å²) in [6.45, 7) is -0.193. The molecule has 0 radical (unpaired) electrons. The van der Waals surface area contributed by atoms with Crippen LogP contribution >= 0.6 is 0 Å². The van der Waals surface area contributed by atoms with E-state index in [1.54, 1.807) is 0 Å². The average molecular weight is 246 g/mol. The molecule has 0 aliphatic rings. The van der Waals surface area contributed by atoms with E-state index >= 15 is 0 Å². The van der Waals surface area contributed by atoms with Crippen molar-refractivity contribution in [2.75, 3.05) is 6.61 Å². The van der Waals surface area contributed by atoms with E-state index in [-0.39, 0.29) is 24.3 Å². The van der Waals surface area contributed by atoms with E-state index < -0.39 is 12.1 Å². The number of halogens is 3. The summed E-state index contributed by atoms with van der Waals surface area (Å²) >= 11 is 0. The summed E-state index contributed by atoms with van der Waals surface area (Å²) in [5, 5.41) is 17.6. The van der Waals surface area contributed by atoms with E-state index in [1.165, 1.54) is 0 Å². The Morgan fingerprint density at radius 2 is 2.00 bits per heavy atom.